The predicted octanol–water partition coefficient (Wildman–Crippen LogP) is 5.58. The quantitative estimate of drug-likeness (QED) is 0.361. The number of thioether (sulfide) groups is 1. The monoisotopic (exact) mass is 524 g/mol. The lowest BCUT2D eigenvalue weighted by atomic mass is 9.54. The van der Waals surface area contributed by atoms with E-state index in [1.165, 1.54) is 43.9 Å². The van der Waals surface area contributed by atoms with Crippen LogP contribution in [0.25, 0.3) is 17.4 Å². The number of carbonyl (C=O) groups excluding carboxylic acids is 1. The molecule has 5 fully saturated rings. The zero-order valence-corrected chi connectivity index (χ0v) is 22.1. The summed E-state index contributed by atoms with van der Waals surface area (Å²) >= 11 is 7.17. The van der Waals surface area contributed by atoms with Crippen molar-refractivity contribution in [2.45, 2.75) is 51.0 Å². The van der Waals surface area contributed by atoms with E-state index in [0.717, 1.165) is 30.2 Å². The first-order valence-electron chi connectivity index (χ1n) is 12.9. The van der Waals surface area contributed by atoms with E-state index in [1.807, 2.05) is 23.1 Å². The maximum absolute atomic E-state index is 13.7. The molecule has 0 unspecified atom stereocenters. The van der Waals surface area contributed by atoms with Crippen LogP contribution in [0.5, 0.6) is 11.5 Å². The van der Waals surface area contributed by atoms with E-state index in [1.54, 1.807) is 19.2 Å². The Hall–Kier alpha value is -2.29. The third-order valence-electron chi connectivity index (χ3n) is 8.46. The molecule has 7 rings (SSSR count). The van der Waals surface area contributed by atoms with Gasteiger partial charge in [0.15, 0.2) is 0 Å². The predicted molar refractivity (Wildman–Crippen MR) is 146 cm³/mol. The van der Waals surface area contributed by atoms with Crippen molar-refractivity contribution in [3.63, 3.8) is 0 Å². The van der Waals surface area contributed by atoms with Crippen LogP contribution in [0, 0.1) is 23.7 Å². The number of phenols is 1. The van der Waals surface area contributed by atoms with E-state index in [4.69, 9.17) is 27.1 Å². The SMILES string of the molecule is COc1cc(O)cc(-c2cc(CCCN)c(/C=C3\SC(=S)N(C4C5CC6CC(C5)CC4C6)C3=O)o2)c1. The maximum atomic E-state index is 13.7. The van der Waals surface area contributed by atoms with Crippen LogP contribution in [0.2, 0.25) is 0 Å². The van der Waals surface area contributed by atoms with Crippen molar-refractivity contribution in [1.29, 1.82) is 0 Å². The van der Waals surface area contributed by atoms with Gasteiger partial charge in [0.2, 0.25) is 0 Å². The van der Waals surface area contributed by atoms with E-state index in [9.17, 15) is 9.90 Å². The molecule has 1 aromatic heterocycles. The number of aromatic hydroxyl groups is 1. The highest BCUT2D eigenvalue weighted by molar-refractivity contribution is 8.26. The number of nitrogens with two attached hydrogens (primary N) is 1. The molecule has 0 spiro atoms. The van der Waals surface area contributed by atoms with Crippen molar-refractivity contribution in [1.82, 2.24) is 4.90 Å². The molecule has 2 aromatic rings. The Morgan fingerprint density at radius 2 is 1.89 bits per heavy atom. The number of phenolic OH excluding ortho intramolecular Hbond substituents is 1. The van der Waals surface area contributed by atoms with E-state index in [2.05, 4.69) is 0 Å². The molecule has 4 saturated carbocycles. The molecule has 190 valence electrons. The zero-order chi connectivity index (χ0) is 25.0. The number of aryl methyl sites for hydroxylation is 1. The molecule has 6 nitrogen and oxygen atoms in total. The minimum Gasteiger partial charge on any atom is -0.508 e. The minimum absolute atomic E-state index is 0.0178. The smallest absolute Gasteiger partial charge is 0.266 e. The van der Waals surface area contributed by atoms with Gasteiger partial charge in [-0.15, -0.1) is 0 Å². The van der Waals surface area contributed by atoms with Gasteiger partial charge in [-0.1, -0.05) is 24.0 Å². The molecule has 4 bridgehead atoms. The molecular weight excluding hydrogens is 492 g/mol. The maximum Gasteiger partial charge on any atom is 0.266 e. The van der Waals surface area contributed by atoms with Gasteiger partial charge < -0.3 is 20.0 Å². The summed E-state index contributed by atoms with van der Waals surface area (Å²) in [5.74, 6) is 4.78. The van der Waals surface area contributed by atoms with Gasteiger partial charge in [-0.05, 0) is 98.9 Å². The van der Waals surface area contributed by atoms with Crippen LogP contribution in [0.3, 0.4) is 0 Å². The third kappa shape index (κ3) is 4.27. The Labute approximate surface area is 221 Å². The van der Waals surface area contributed by atoms with Crippen LogP contribution < -0.4 is 10.5 Å². The van der Waals surface area contributed by atoms with Gasteiger partial charge in [0.1, 0.15) is 27.3 Å². The minimum atomic E-state index is 0.0178. The summed E-state index contributed by atoms with van der Waals surface area (Å²) in [7, 11) is 1.56. The molecule has 1 amide bonds. The lowest BCUT2D eigenvalue weighted by molar-refractivity contribution is -0.130. The first-order valence-corrected chi connectivity index (χ1v) is 14.1. The van der Waals surface area contributed by atoms with Crippen molar-refractivity contribution in [3.05, 3.63) is 40.5 Å². The normalized spacial score (nSPS) is 30.1. The van der Waals surface area contributed by atoms with Crippen molar-refractivity contribution in [2.75, 3.05) is 13.7 Å². The molecule has 8 heteroatoms. The van der Waals surface area contributed by atoms with E-state index >= 15 is 0 Å². The fourth-order valence-electron chi connectivity index (χ4n) is 7.21. The van der Waals surface area contributed by atoms with Gasteiger partial charge in [0.05, 0.1) is 12.0 Å². The summed E-state index contributed by atoms with van der Waals surface area (Å²) in [5.41, 5.74) is 7.48. The first-order chi connectivity index (χ1) is 17.4. The first kappa shape index (κ1) is 24.1. The summed E-state index contributed by atoms with van der Waals surface area (Å²) in [6.45, 7) is 0.564. The van der Waals surface area contributed by atoms with Crippen LogP contribution >= 0.6 is 24.0 Å². The van der Waals surface area contributed by atoms with Crippen LogP contribution in [-0.2, 0) is 11.2 Å². The topological polar surface area (TPSA) is 88.9 Å². The second-order valence-electron chi connectivity index (χ2n) is 10.8. The lowest BCUT2D eigenvalue weighted by Gasteiger charge is -2.56. The summed E-state index contributed by atoms with van der Waals surface area (Å²) in [4.78, 5) is 16.3. The molecule has 1 aromatic carbocycles. The molecular formula is C28H32N2O4S2. The van der Waals surface area contributed by atoms with Crippen LogP contribution in [0.1, 0.15) is 49.8 Å². The number of carbonyl (C=O) groups is 1. The highest BCUT2D eigenvalue weighted by atomic mass is 32.2. The van der Waals surface area contributed by atoms with E-state index in [0.29, 0.717) is 50.4 Å². The summed E-state index contributed by atoms with van der Waals surface area (Å²) in [6.07, 6.45) is 9.74. The summed E-state index contributed by atoms with van der Waals surface area (Å²) < 4.78 is 12.2. The molecule has 0 atom stereocenters. The number of hydrogen-bond donors (Lipinski definition) is 2. The molecule has 3 N–H and O–H groups in total. The number of ether oxygens (including phenoxy) is 1. The van der Waals surface area contributed by atoms with E-state index < -0.39 is 0 Å². The second kappa shape index (κ2) is 9.54. The molecule has 0 radical (unpaired) electrons. The van der Waals surface area contributed by atoms with Crippen LogP contribution in [-0.4, -0.2) is 39.9 Å². The Bertz CT molecular complexity index is 1210. The Balaban J connectivity index is 1.31. The Kier molecular flexibility index (Phi) is 6.38. The fraction of sp³-hybridized carbons (Fsp3) is 0.500. The van der Waals surface area contributed by atoms with Crippen molar-refractivity contribution in [2.24, 2.45) is 29.4 Å². The van der Waals surface area contributed by atoms with Gasteiger partial charge >= 0.3 is 0 Å². The average molecular weight is 525 g/mol. The number of nitrogens with zero attached hydrogens (tertiary/aromatic N) is 1. The molecule has 4 aliphatic carbocycles. The highest BCUT2D eigenvalue weighted by Gasteiger charge is 2.53. The van der Waals surface area contributed by atoms with Gasteiger partial charge in [0.25, 0.3) is 5.91 Å². The average Bonchev–Trinajstić information content (AvgIpc) is 3.37. The van der Waals surface area contributed by atoms with Gasteiger partial charge in [-0.25, -0.2) is 0 Å². The number of hydrogen-bond acceptors (Lipinski definition) is 7. The van der Waals surface area contributed by atoms with Crippen molar-refractivity contribution < 1.29 is 19.1 Å². The van der Waals surface area contributed by atoms with Crippen LogP contribution in [0.15, 0.2) is 33.6 Å². The summed E-state index contributed by atoms with van der Waals surface area (Å²) in [5, 5.41) is 10.1. The van der Waals surface area contributed by atoms with Crippen molar-refractivity contribution in [3.8, 4) is 22.8 Å². The fourth-order valence-corrected chi connectivity index (χ4v) is 8.53. The number of methoxy groups -OCH3 is 1. The number of benzene rings is 1. The van der Waals surface area contributed by atoms with Gasteiger partial charge in [0, 0.05) is 23.7 Å². The van der Waals surface area contributed by atoms with Crippen LogP contribution in [0.4, 0.5) is 0 Å². The van der Waals surface area contributed by atoms with Crippen molar-refractivity contribution >= 4 is 40.3 Å². The Morgan fingerprint density at radius 1 is 1.17 bits per heavy atom. The molecule has 5 aliphatic rings. The largest absolute Gasteiger partial charge is 0.508 e. The standard InChI is InChI=1S/C28H32N2O4S2/c1-33-22-11-18(10-21(31)13-22)23-12-17(3-2-4-29)24(34-23)14-25-27(32)30(28(35)36-25)26-19-6-15-5-16(8-19)9-20(26)7-15/h10-16,19-20,26,31H,2-9,29H2,1H3/b25-14-. The number of thiocarbonyl (C=S) groups is 1. The number of rotatable bonds is 7. The number of furan rings is 1. The molecule has 1 saturated heterocycles. The summed E-state index contributed by atoms with van der Waals surface area (Å²) in [6, 6.07) is 7.23. The molecule has 1 aliphatic heterocycles. The second-order valence-corrected chi connectivity index (χ2v) is 12.5. The molecule has 2 heterocycles. The highest BCUT2D eigenvalue weighted by Crippen LogP contribution is 2.56. The zero-order valence-electron chi connectivity index (χ0n) is 20.4. The lowest BCUT2D eigenvalue weighted by Crippen LogP contribution is -2.57. The Morgan fingerprint density at radius 3 is 2.56 bits per heavy atom. The van der Waals surface area contributed by atoms with E-state index in [-0.39, 0.29) is 17.7 Å². The van der Waals surface area contributed by atoms with Gasteiger partial charge in [-0.3, -0.25) is 9.69 Å². The van der Waals surface area contributed by atoms with Gasteiger partial charge in [-0.2, -0.15) is 0 Å². The molecule has 36 heavy (non-hydrogen) atoms. The number of amides is 1. The third-order valence-corrected chi connectivity index (χ3v) is 9.79.